The van der Waals surface area contributed by atoms with Crippen LogP contribution in [0.4, 0.5) is 4.39 Å². The Morgan fingerprint density at radius 2 is 1.58 bits per heavy atom. The molecule has 3 aliphatic rings. The van der Waals surface area contributed by atoms with E-state index in [9.17, 15) is 4.39 Å². The van der Waals surface area contributed by atoms with Crippen LogP contribution in [0.5, 0.6) is 5.75 Å². The number of benzene rings is 3. The molecule has 1 aliphatic carbocycles. The van der Waals surface area contributed by atoms with E-state index in [1.807, 2.05) is 18.2 Å². The lowest BCUT2D eigenvalue weighted by Gasteiger charge is -2.51. The molecular weight excluding hydrogens is 387 g/mol. The van der Waals surface area contributed by atoms with Crippen molar-refractivity contribution in [3.63, 3.8) is 0 Å². The average molecular weight is 413 g/mol. The van der Waals surface area contributed by atoms with Crippen LogP contribution >= 0.6 is 0 Å². The van der Waals surface area contributed by atoms with Crippen molar-refractivity contribution < 1.29 is 9.13 Å². The highest BCUT2D eigenvalue weighted by molar-refractivity contribution is 5.67. The number of para-hydroxylation sites is 1. The molecule has 0 saturated heterocycles. The van der Waals surface area contributed by atoms with Crippen molar-refractivity contribution in [3.8, 4) is 5.75 Å². The van der Waals surface area contributed by atoms with Gasteiger partial charge in [0, 0.05) is 18.4 Å². The van der Waals surface area contributed by atoms with Crippen molar-refractivity contribution >= 4 is 5.70 Å². The Morgan fingerprint density at radius 3 is 2.35 bits per heavy atom. The van der Waals surface area contributed by atoms with Crippen molar-refractivity contribution in [2.45, 2.75) is 43.4 Å². The van der Waals surface area contributed by atoms with Crippen LogP contribution in [0.25, 0.3) is 5.70 Å². The number of nitrogens with one attached hydrogen (secondary N) is 1. The van der Waals surface area contributed by atoms with Gasteiger partial charge in [0.05, 0.1) is 11.7 Å². The van der Waals surface area contributed by atoms with Crippen LogP contribution in [0.3, 0.4) is 0 Å². The second-order valence-corrected chi connectivity index (χ2v) is 8.78. The zero-order valence-electron chi connectivity index (χ0n) is 17.3. The summed E-state index contributed by atoms with van der Waals surface area (Å²) in [5.41, 5.74) is 7.83. The monoisotopic (exact) mass is 412 g/mol. The van der Waals surface area contributed by atoms with Crippen LogP contribution in [-0.2, 0) is 0 Å². The predicted octanol–water partition coefficient (Wildman–Crippen LogP) is 6.17. The van der Waals surface area contributed by atoms with Gasteiger partial charge in [0.15, 0.2) is 5.72 Å². The van der Waals surface area contributed by atoms with E-state index >= 15 is 0 Å². The maximum atomic E-state index is 13.5. The first-order chi connectivity index (χ1) is 15.2. The molecule has 0 unspecified atom stereocenters. The Labute approximate surface area is 182 Å². The molecule has 1 saturated carbocycles. The van der Waals surface area contributed by atoms with Gasteiger partial charge in [-0.25, -0.2) is 4.39 Å². The van der Waals surface area contributed by atoms with Gasteiger partial charge < -0.3 is 10.2 Å². The van der Waals surface area contributed by atoms with E-state index < -0.39 is 0 Å². The summed E-state index contributed by atoms with van der Waals surface area (Å²) in [7, 11) is 0. The average Bonchev–Trinajstić information content (AvgIpc) is 3.28. The van der Waals surface area contributed by atoms with E-state index in [1.165, 1.54) is 23.3 Å². The van der Waals surface area contributed by atoms with Gasteiger partial charge >= 0.3 is 0 Å². The first-order valence-corrected chi connectivity index (χ1v) is 11.1. The van der Waals surface area contributed by atoms with Crippen LogP contribution in [0.1, 0.15) is 54.3 Å². The fourth-order valence-electron chi connectivity index (χ4n) is 5.39. The number of hydrazine groups is 1. The topological polar surface area (TPSA) is 24.5 Å². The summed E-state index contributed by atoms with van der Waals surface area (Å²) >= 11 is 0. The summed E-state index contributed by atoms with van der Waals surface area (Å²) in [4.78, 5) is 0. The van der Waals surface area contributed by atoms with Gasteiger partial charge in [-0.15, -0.1) is 0 Å². The second-order valence-electron chi connectivity index (χ2n) is 8.78. The van der Waals surface area contributed by atoms with E-state index in [0.29, 0.717) is 5.92 Å². The Bertz CT molecular complexity index is 1120. The lowest BCUT2D eigenvalue weighted by Crippen LogP contribution is -2.60. The SMILES string of the molecule is Fc1ccc(C2=C[C@@H]3c4ccccc4OC4(CCC(c5ccccc5)CC4)N3N2)cc1. The Kier molecular flexibility index (Phi) is 4.35. The first kappa shape index (κ1) is 18.6. The molecule has 0 bridgehead atoms. The van der Waals surface area contributed by atoms with Gasteiger partial charge in [-0.3, -0.25) is 0 Å². The molecule has 156 valence electrons. The number of ether oxygens (including phenoxy) is 1. The summed E-state index contributed by atoms with van der Waals surface area (Å²) in [6, 6.07) is 25.9. The van der Waals surface area contributed by atoms with E-state index in [2.05, 4.69) is 65.0 Å². The van der Waals surface area contributed by atoms with Gasteiger partial charge in [-0.05, 0) is 66.3 Å². The fraction of sp³-hybridized carbons (Fsp3) is 0.259. The number of hydrogen-bond donors (Lipinski definition) is 1. The standard InChI is InChI=1S/C27H25FN2O/c28-22-12-10-21(11-13-22)24-18-25-23-8-4-5-9-26(23)31-27(30(25)29-24)16-14-20(15-17-27)19-6-2-1-3-7-19/h1-13,18,20,25,29H,14-17H2/t20?,25-,27?/m1/s1. The van der Waals surface area contributed by atoms with Crippen LogP contribution in [0.15, 0.2) is 84.9 Å². The molecule has 0 aromatic heterocycles. The number of fused-ring (bicyclic) bond motifs is 4. The van der Waals surface area contributed by atoms with Crippen LogP contribution in [0.2, 0.25) is 0 Å². The summed E-state index contributed by atoms with van der Waals surface area (Å²) < 4.78 is 20.2. The molecule has 31 heavy (non-hydrogen) atoms. The minimum Gasteiger partial charge on any atom is -0.471 e. The van der Waals surface area contributed by atoms with Gasteiger partial charge in [0.25, 0.3) is 0 Å². The molecular formula is C27H25FN2O. The molecule has 2 aliphatic heterocycles. The highest BCUT2D eigenvalue weighted by Gasteiger charge is 2.51. The Morgan fingerprint density at radius 1 is 0.871 bits per heavy atom. The first-order valence-electron chi connectivity index (χ1n) is 11.1. The van der Waals surface area contributed by atoms with Crippen molar-refractivity contribution in [1.29, 1.82) is 0 Å². The fourth-order valence-corrected chi connectivity index (χ4v) is 5.39. The smallest absolute Gasteiger partial charge is 0.180 e. The second kappa shape index (κ2) is 7.24. The summed E-state index contributed by atoms with van der Waals surface area (Å²) in [5, 5.41) is 2.30. The van der Waals surface area contributed by atoms with Crippen molar-refractivity contribution in [2.75, 3.05) is 0 Å². The molecule has 1 spiro atoms. The molecule has 3 aromatic rings. The van der Waals surface area contributed by atoms with Crippen molar-refractivity contribution in [3.05, 3.63) is 107 Å². The Hall–Kier alpha value is -3.11. The van der Waals surface area contributed by atoms with E-state index in [0.717, 1.165) is 42.7 Å². The molecule has 0 amide bonds. The lowest BCUT2D eigenvalue weighted by atomic mass is 9.78. The third kappa shape index (κ3) is 3.14. The molecule has 1 N–H and O–H groups in total. The van der Waals surface area contributed by atoms with E-state index in [1.54, 1.807) is 0 Å². The molecule has 6 rings (SSSR count). The number of halogens is 1. The number of hydrogen-bond acceptors (Lipinski definition) is 3. The van der Waals surface area contributed by atoms with Gasteiger partial charge in [-0.1, -0.05) is 48.5 Å². The highest BCUT2D eigenvalue weighted by atomic mass is 19.1. The van der Waals surface area contributed by atoms with E-state index in [4.69, 9.17) is 4.74 Å². The van der Waals surface area contributed by atoms with Crippen LogP contribution in [0, 0.1) is 5.82 Å². The molecule has 4 heteroatoms. The van der Waals surface area contributed by atoms with Gasteiger partial charge in [0.1, 0.15) is 11.6 Å². The van der Waals surface area contributed by atoms with Crippen molar-refractivity contribution in [2.24, 2.45) is 0 Å². The number of rotatable bonds is 2. The predicted molar refractivity (Wildman–Crippen MR) is 120 cm³/mol. The molecule has 1 fully saturated rings. The molecule has 0 radical (unpaired) electrons. The lowest BCUT2D eigenvalue weighted by molar-refractivity contribution is -0.152. The zero-order valence-corrected chi connectivity index (χ0v) is 17.3. The Balaban J connectivity index is 1.33. The minimum atomic E-state index is -0.386. The normalized spacial score (nSPS) is 27.1. The maximum absolute atomic E-state index is 13.5. The van der Waals surface area contributed by atoms with E-state index in [-0.39, 0.29) is 17.6 Å². The third-order valence-corrected chi connectivity index (χ3v) is 7.01. The third-order valence-electron chi connectivity index (χ3n) is 7.01. The van der Waals surface area contributed by atoms with Gasteiger partial charge in [-0.2, -0.15) is 5.01 Å². The number of nitrogens with zero attached hydrogens (tertiary/aromatic N) is 1. The van der Waals surface area contributed by atoms with Crippen LogP contribution in [-0.4, -0.2) is 10.7 Å². The molecule has 1 atom stereocenters. The van der Waals surface area contributed by atoms with Crippen molar-refractivity contribution in [1.82, 2.24) is 10.4 Å². The quantitative estimate of drug-likeness (QED) is 0.544. The molecule has 3 aromatic carbocycles. The summed E-state index contributed by atoms with van der Waals surface area (Å²) in [5.74, 6) is 1.32. The summed E-state index contributed by atoms with van der Waals surface area (Å²) in [6.07, 6.45) is 6.33. The van der Waals surface area contributed by atoms with Gasteiger partial charge in [0.2, 0.25) is 0 Å². The molecule has 3 nitrogen and oxygen atoms in total. The highest BCUT2D eigenvalue weighted by Crippen LogP contribution is 2.51. The summed E-state index contributed by atoms with van der Waals surface area (Å²) in [6.45, 7) is 0. The molecule has 2 heterocycles. The maximum Gasteiger partial charge on any atom is 0.180 e. The van der Waals surface area contributed by atoms with Crippen LogP contribution < -0.4 is 10.2 Å². The largest absolute Gasteiger partial charge is 0.471 e. The minimum absolute atomic E-state index is 0.0956. The zero-order chi connectivity index (χ0) is 20.8.